The minimum absolute atomic E-state index is 0.0436. The van der Waals surface area contributed by atoms with Crippen LogP contribution in [-0.4, -0.2) is 23.8 Å². The third kappa shape index (κ3) is 2.49. The summed E-state index contributed by atoms with van der Waals surface area (Å²) in [5, 5.41) is 14.0. The van der Waals surface area contributed by atoms with Crippen molar-refractivity contribution < 1.29 is 23.7 Å². The lowest BCUT2D eigenvalue weighted by atomic mass is 9.73. The number of nitro groups is 1. The number of carbonyl (C=O) groups is 2. The molecule has 1 aromatic heterocycles. The quantitative estimate of drug-likeness (QED) is 0.513. The van der Waals surface area contributed by atoms with Crippen LogP contribution in [0.1, 0.15) is 31.4 Å². The minimum atomic E-state index is -0.744. The number of allylic oxidation sites excluding steroid dienone is 3. The number of ether oxygens (including phenoxy) is 1. The van der Waals surface area contributed by atoms with E-state index in [4.69, 9.17) is 9.15 Å². The van der Waals surface area contributed by atoms with Crippen LogP contribution in [0.5, 0.6) is 0 Å². The fourth-order valence-electron chi connectivity index (χ4n) is 3.31. The zero-order valence-electron chi connectivity index (χ0n) is 13.2. The highest BCUT2D eigenvalue weighted by Gasteiger charge is 2.45. The van der Waals surface area contributed by atoms with Crippen LogP contribution in [0.15, 0.2) is 39.6 Å². The van der Waals surface area contributed by atoms with E-state index in [9.17, 15) is 19.7 Å². The van der Waals surface area contributed by atoms with Crippen LogP contribution in [0.25, 0.3) is 0 Å². The molecule has 126 valence electrons. The van der Waals surface area contributed by atoms with E-state index in [0.717, 1.165) is 0 Å². The smallest absolute Gasteiger partial charge is 0.433 e. The van der Waals surface area contributed by atoms with E-state index >= 15 is 0 Å². The first-order chi connectivity index (χ1) is 11.4. The van der Waals surface area contributed by atoms with Crippen molar-refractivity contribution in [1.29, 1.82) is 0 Å². The average molecular weight is 332 g/mol. The predicted molar refractivity (Wildman–Crippen MR) is 81.8 cm³/mol. The lowest BCUT2D eigenvalue weighted by molar-refractivity contribution is -0.402. The van der Waals surface area contributed by atoms with E-state index in [1.165, 1.54) is 19.2 Å². The molecule has 3 rings (SSSR count). The molecule has 2 heterocycles. The number of fused-ring (bicyclic) bond motifs is 1. The predicted octanol–water partition coefficient (Wildman–Crippen LogP) is 2.18. The zero-order chi connectivity index (χ0) is 17.4. The molecule has 8 nitrogen and oxygen atoms in total. The highest BCUT2D eigenvalue weighted by Crippen LogP contribution is 2.44. The Kier molecular flexibility index (Phi) is 3.96. The van der Waals surface area contributed by atoms with Gasteiger partial charge in [0.15, 0.2) is 0 Å². The Labute approximate surface area is 137 Å². The van der Waals surface area contributed by atoms with Gasteiger partial charge in [0.25, 0.3) is 0 Å². The van der Waals surface area contributed by atoms with Gasteiger partial charge in [-0.25, -0.2) is 4.79 Å². The van der Waals surface area contributed by atoms with Gasteiger partial charge in [-0.1, -0.05) is 6.08 Å². The van der Waals surface area contributed by atoms with Crippen LogP contribution in [0.3, 0.4) is 0 Å². The summed E-state index contributed by atoms with van der Waals surface area (Å²) in [7, 11) is 1.25. The maximum atomic E-state index is 12.5. The van der Waals surface area contributed by atoms with Gasteiger partial charge in [-0.2, -0.15) is 0 Å². The Hall–Kier alpha value is -2.90. The van der Waals surface area contributed by atoms with Crippen molar-refractivity contribution in [2.75, 3.05) is 7.11 Å². The van der Waals surface area contributed by atoms with Crippen molar-refractivity contribution in [3.63, 3.8) is 0 Å². The molecule has 2 atom stereocenters. The first-order valence-corrected chi connectivity index (χ1v) is 7.47. The number of rotatable bonds is 3. The van der Waals surface area contributed by atoms with E-state index in [0.29, 0.717) is 24.2 Å². The number of nitrogens with one attached hydrogen (secondary N) is 1. The average Bonchev–Trinajstić information content (AvgIpc) is 3.03. The normalized spacial score (nSPS) is 23.2. The van der Waals surface area contributed by atoms with Gasteiger partial charge in [-0.15, -0.1) is 0 Å². The van der Waals surface area contributed by atoms with Gasteiger partial charge in [0, 0.05) is 17.8 Å². The molecule has 8 heteroatoms. The molecule has 0 amide bonds. The van der Waals surface area contributed by atoms with Crippen LogP contribution in [0.4, 0.5) is 5.88 Å². The summed E-state index contributed by atoms with van der Waals surface area (Å²) >= 11 is 0. The molecule has 1 N–H and O–H groups in total. The van der Waals surface area contributed by atoms with E-state index in [1.807, 2.05) is 6.08 Å². The molecule has 1 aliphatic heterocycles. The van der Waals surface area contributed by atoms with Gasteiger partial charge < -0.3 is 14.5 Å². The molecule has 0 saturated carbocycles. The number of ketones is 1. The zero-order valence-corrected chi connectivity index (χ0v) is 13.2. The van der Waals surface area contributed by atoms with Crippen molar-refractivity contribution >= 4 is 17.6 Å². The van der Waals surface area contributed by atoms with Crippen LogP contribution in [-0.2, 0) is 14.3 Å². The van der Waals surface area contributed by atoms with Crippen LogP contribution >= 0.6 is 0 Å². The van der Waals surface area contributed by atoms with Gasteiger partial charge in [0.2, 0.25) is 0 Å². The monoisotopic (exact) mass is 332 g/mol. The van der Waals surface area contributed by atoms with Gasteiger partial charge in [-0.05, 0) is 19.4 Å². The fraction of sp³-hybridized carbons (Fsp3) is 0.375. The molecule has 0 radical (unpaired) electrons. The van der Waals surface area contributed by atoms with E-state index < -0.39 is 28.6 Å². The molecule has 2 unspecified atom stereocenters. The van der Waals surface area contributed by atoms with Crippen molar-refractivity contribution in [1.82, 2.24) is 5.32 Å². The first-order valence-electron chi connectivity index (χ1n) is 7.47. The minimum Gasteiger partial charge on any atom is -0.466 e. The summed E-state index contributed by atoms with van der Waals surface area (Å²) < 4.78 is 10.1. The topological polar surface area (TPSA) is 112 Å². The Morgan fingerprint density at radius 3 is 2.79 bits per heavy atom. The molecular formula is C16H16N2O6. The second-order valence-electron chi connectivity index (χ2n) is 5.71. The summed E-state index contributed by atoms with van der Waals surface area (Å²) in [6.45, 7) is 1.70. The molecule has 0 bridgehead atoms. The molecule has 1 aromatic rings. The fourth-order valence-corrected chi connectivity index (χ4v) is 3.31. The molecule has 0 fully saturated rings. The third-order valence-corrected chi connectivity index (χ3v) is 4.32. The molecular weight excluding hydrogens is 316 g/mol. The van der Waals surface area contributed by atoms with E-state index in [-0.39, 0.29) is 17.1 Å². The molecule has 2 aliphatic rings. The van der Waals surface area contributed by atoms with Crippen molar-refractivity contribution in [2.24, 2.45) is 5.92 Å². The van der Waals surface area contributed by atoms with Crippen molar-refractivity contribution in [2.45, 2.75) is 25.7 Å². The second-order valence-corrected chi connectivity index (χ2v) is 5.71. The van der Waals surface area contributed by atoms with Gasteiger partial charge in [0.1, 0.15) is 16.5 Å². The summed E-state index contributed by atoms with van der Waals surface area (Å²) in [6, 6.07) is 2.65. The lowest BCUT2D eigenvalue weighted by Crippen LogP contribution is -2.40. The molecule has 0 saturated heterocycles. The maximum Gasteiger partial charge on any atom is 0.433 e. The Bertz CT molecular complexity index is 788. The number of esters is 1. The number of furan rings is 1. The SMILES string of the molecule is COC(=O)C1=C(C)NC2=CCCC(=O)C2C1c1ccc([N+](=O)[O-])o1. The van der Waals surface area contributed by atoms with Crippen LogP contribution in [0.2, 0.25) is 0 Å². The Balaban J connectivity index is 2.17. The Morgan fingerprint density at radius 1 is 1.42 bits per heavy atom. The molecule has 1 aliphatic carbocycles. The summed E-state index contributed by atoms with van der Waals surface area (Å²) in [5.74, 6) is -2.25. The van der Waals surface area contributed by atoms with E-state index in [2.05, 4.69) is 5.32 Å². The largest absolute Gasteiger partial charge is 0.466 e. The number of carbonyl (C=O) groups excluding carboxylic acids is 2. The number of hydrogen-bond donors (Lipinski definition) is 1. The third-order valence-electron chi connectivity index (χ3n) is 4.32. The van der Waals surface area contributed by atoms with Crippen LogP contribution < -0.4 is 5.32 Å². The van der Waals surface area contributed by atoms with Crippen molar-refractivity contribution in [3.8, 4) is 0 Å². The highest BCUT2D eigenvalue weighted by molar-refractivity contribution is 5.95. The molecule has 24 heavy (non-hydrogen) atoms. The highest BCUT2D eigenvalue weighted by atomic mass is 16.6. The van der Waals surface area contributed by atoms with Crippen LogP contribution in [0, 0.1) is 16.0 Å². The van der Waals surface area contributed by atoms with Gasteiger partial charge in [0.05, 0.1) is 30.6 Å². The Morgan fingerprint density at radius 2 is 2.17 bits per heavy atom. The standard InChI is InChI=1S/C16H16N2O6/c1-8-13(16(20)23-2)15(11-6-7-12(24-11)18(21)22)14-9(17-8)4-3-5-10(14)19/h4,6-7,14-15,17H,3,5H2,1-2H3. The summed E-state index contributed by atoms with van der Waals surface area (Å²) in [6.07, 6.45) is 2.88. The first kappa shape index (κ1) is 16.0. The molecule has 0 aromatic carbocycles. The number of hydrogen-bond acceptors (Lipinski definition) is 7. The summed E-state index contributed by atoms with van der Waals surface area (Å²) in [4.78, 5) is 35.0. The number of nitrogens with zero attached hydrogens (tertiary/aromatic N) is 1. The summed E-state index contributed by atoms with van der Waals surface area (Å²) in [5.41, 5.74) is 1.49. The number of methoxy groups -OCH3 is 1. The maximum absolute atomic E-state index is 12.5. The van der Waals surface area contributed by atoms with Crippen molar-refractivity contribution in [3.05, 3.63) is 51.1 Å². The van der Waals surface area contributed by atoms with Gasteiger partial charge in [-0.3, -0.25) is 14.9 Å². The molecule has 0 spiro atoms. The number of Topliss-reactive ketones (excluding diaryl/α,β-unsaturated/α-hetero) is 1. The van der Waals surface area contributed by atoms with Gasteiger partial charge >= 0.3 is 11.9 Å². The lowest BCUT2D eigenvalue weighted by Gasteiger charge is -2.36. The second kappa shape index (κ2) is 5.95. The van der Waals surface area contributed by atoms with E-state index in [1.54, 1.807) is 6.92 Å².